The van der Waals surface area contributed by atoms with E-state index in [2.05, 4.69) is 5.10 Å². The van der Waals surface area contributed by atoms with Crippen molar-refractivity contribution >= 4 is 5.91 Å². The molecule has 7 nitrogen and oxygen atoms in total. The number of amides is 1. The number of nitrogens with zero attached hydrogens (tertiary/aromatic N) is 4. The molecule has 1 aliphatic heterocycles. The third-order valence-electron chi connectivity index (χ3n) is 4.61. The van der Waals surface area contributed by atoms with Crippen molar-refractivity contribution in [1.29, 1.82) is 0 Å². The lowest BCUT2D eigenvalue weighted by Crippen LogP contribution is -2.36. The lowest BCUT2D eigenvalue weighted by molar-refractivity contribution is 0.0731. The van der Waals surface area contributed by atoms with Gasteiger partial charge in [0, 0.05) is 26.8 Å². The quantitative estimate of drug-likeness (QED) is 0.853. The maximum Gasteiger partial charge on any atom is 0.263 e. The second-order valence-corrected chi connectivity index (χ2v) is 6.13. The van der Waals surface area contributed by atoms with Crippen molar-refractivity contribution in [2.75, 3.05) is 13.7 Å². The Balaban J connectivity index is 2.01. The van der Waals surface area contributed by atoms with Crippen LogP contribution in [0.2, 0.25) is 0 Å². The smallest absolute Gasteiger partial charge is 0.263 e. The Morgan fingerprint density at radius 3 is 2.83 bits per heavy atom. The topological polar surface area (TPSA) is 69.4 Å². The van der Waals surface area contributed by atoms with Gasteiger partial charge in [-0.2, -0.15) is 5.10 Å². The molecule has 0 aromatic carbocycles. The van der Waals surface area contributed by atoms with Gasteiger partial charge >= 0.3 is 0 Å². The van der Waals surface area contributed by atoms with E-state index in [0.717, 1.165) is 24.1 Å². The van der Waals surface area contributed by atoms with Crippen LogP contribution in [0.15, 0.2) is 23.1 Å². The monoisotopic (exact) mass is 330 g/mol. The fourth-order valence-electron chi connectivity index (χ4n) is 3.50. The van der Waals surface area contributed by atoms with Crippen molar-refractivity contribution in [3.05, 3.63) is 45.5 Å². The molecule has 0 spiro atoms. The van der Waals surface area contributed by atoms with Gasteiger partial charge in [-0.1, -0.05) is 0 Å². The van der Waals surface area contributed by atoms with Crippen LogP contribution in [0.1, 0.15) is 40.5 Å². The lowest BCUT2D eigenvalue weighted by atomic mass is 10.0. The average molecular weight is 330 g/mol. The Kier molecular flexibility index (Phi) is 4.17. The molecule has 1 amide bonds. The number of hydrogen-bond acceptors (Lipinski definition) is 4. The van der Waals surface area contributed by atoms with Crippen LogP contribution < -0.4 is 10.3 Å². The van der Waals surface area contributed by atoms with E-state index in [-0.39, 0.29) is 23.1 Å². The number of methoxy groups -OCH3 is 1. The van der Waals surface area contributed by atoms with Crippen molar-refractivity contribution in [2.24, 2.45) is 14.1 Å². The van der Waals surface area contributed by atoms with Crippen LogP contribution in [0.4, 0.5) is 0 Å². The van der Waals surface area contributed by atoms with Crippen molar-refractivity contribution in [3.8, 4) is 5.88 Å². The molecule has 3 heterocycles. The van der Waals surface area contributed by atoms with E-state index in [4.69, 9.17) is 4.74 Å². The van der Waals surface area contributed by atoms with Crippen molar-refractivity contribution in [3.63, 3.8) is 0 Å². The van der Waals surface area contributed by atoms with Gasteiger partial charge in [-0.15, -0.1) is 0 Å². The molecule has 0 unspecified atom stereocenters. The summed E-state index contributed by atoms with van der Waals surface area (Å²) in [6, 6.07) is 3.19. The molecule has 0 aliphatic carbocycles. The number of aryl methyl sites for hydroxylation is 3. The second-order valence-electron chi connectivity index (χ2n) is 6.13. The summed E-state index contributed by atoms with van der Waals surface area (Å²) in [7, 11) is 5.08. The average Bonchev–Trinajstić information content (AvgIpc) is 3.12. The van der Waals surface area contributed by atoms with E-state index < -0.39 is 0 Å². The minimum Gasteiger partial charge on any atom is -0.481 e. The summed E-state index contributed by atoms with van der Waals surface area (Å²) in [6.45, 7) is 2.54. The van der Waals surface area contributed by atoms with Crippen LogP contribution in [-0.4, -0.2) is 38.8 Å². The van der Waals surface area contributed by atoms with Gasteiger partial charge in [0.05, 0.1) is 24.4 Å². The highest BCUT2D eigenvalue weighted by Gasteiger charge is 2.36. The van der Waals surface area contributed by atoms with E-state index in [1.54, 1.807) is 42.1 Å². The molecule has 1 saturated heterocycles. The Morgan fingerprint density at radius 2 is 2.12 bits per heavy atom. The highest BCUT2D eigenvalue weighted by atomic mass is 16.5. The first-order valence-corrected chi connectivity index (χ1v) is 7.99. The SMILES string of the molecule is COc1c([C@@H]2CCCN2C(=O)c2cccn(C)c2=O)c(C)nn1C. The Bertz CT molecular complexity index is 837. The molecule has 24 heavy (non-hydrogen) atoms. The molecule has 3 rings (SSSR count). The molecule has 1 aliphatic rings. The zero-order chi connectivity index (χ0) is 17.4. The molecular formula is C17H22N4O3. The van der Waals surface area contributed by atoms with Gasteiger partial charge < -0.3 is 14.2 Å². The maximum absolute atomic E-state index is 13.0. The maximum atomic E-state index is 13.0. The highest BCUT2D eigenvalue weighted by Crippen LogP contribution is 2.39. The minimum absolute atomic E-state index is 0.119. The van der Waals surface area contributed by atoms with Crippen LogP contribution in [0, 0.1) is 6.92 Å². The lowest BCUT2D eigenvalue weighted by Gasteiger charge is -2.25. The summed E-state index contributed by atoms with van der Waals surface area (Å²) in [5, 5.41) is 4.41. The van der Waals surface area contributed by atoms with Crippen molar-refractivity contribution in [2.45, 2.75) is 25.8 Å². The molecule has 1 atom stereocenters. The van der Waals surface area contributed by atoms with Crippen LogP contribution in [0.25, 0.3) is 0 Å². The van der Waals surface area contributed by atoms with Crippen molar-refractivity contribution in [1.82, 2.24) is 19.2 Å². The summed E-state index contributed by atoms with van der Waals surface area (Å²) in [5.41, 5.74) is 1.70. The third-order valence-corrected chi connectivity index (χ3v) is 4.61. The van der Waals surface area contributed by atoms with E-state index in [0.29, 0.717) is 12.4 Å². The van der Waals surface area contributed by atoms with E-state index >= 15 is 0 Å². The first-order chi connectivity index (χ1) is 11.5. The highest BCUT2D eigenvalue weighted by molar-refractivity contribution is 5.94. The number of aromatic nitrogens is 3. The van der Waals surface area contributed by atoms with Crippen LogP contribution in [0.3, 0.4) is 0 Å². The molecule has 128 valence electrons. The number of carbonyl (C=O) groups excluding carboxylic acids is 1. The normalized spacial score (nSPS) is 17.3. The van der Waals surface area contributed by atoms with E-state index in [9.17, 15) is 9.59 Å². The molecule has 1 fully saturated rings. The minimum atomic E-state index is -0.275. The number of ether oxygens (including phenoxy) is 1. The largest absolute Gasteiger partial charge is 0.481 e. The first-order valence-electron chi connectivity index (χ1n) is 7.99. The van der Waals surface area contributed by atoms with Crippen LogP contribution >= 0.6 is 0 Å². The van der Waals surface area contributed by atoms with Gasteiger partial charge in [-0.3, -0.25) is 9.59 Å². The molecule has 0 bridgehead atoms. The molecule has 7 heteroatoms. The zero-order valence-electron chi connectivity index (χ0n) is 14.4. The fourth-order valence-corrected chi connectivity index (χ4v) is 3.50. The third kappa shape index (κ3) is 2.50. The number of carbonyl (C=O) groups is 1. The predicted octanol–water partition coefficient (Wildman–Crippen LogP) is 1.41. The van der Waals surface area contributed by atoms with Crippen LogP contribution in [-0.2, 0) is 14.1 Å². The fraction of sp³-hybridized carbons (Fsp3) is 0.471. The standard InChI is InChI=1S/C17H22N4O3/c1-11-14(17(24-4)20(3)18-11)13-8-6-10-21(13)16(23)12-7-5-9-19(2)15(12)22/h5,7,9,13H,6,8,10H2,1-4H3/t13-/m0/s1. The Labute approximate surface area is 140 Å². The van der Waals surface area contributed by atoms with Gasteiger partial charge in [-0.25, -0.2) is 4.68 Å². The molecule has 0 radical (unpaired) electrons. The van der Waals surface area contributed by atoms with Gasteiger partial charge in [0.2, 0.25) is 5.88 Å². The van der Waals surface area contributed by atoms with Gasteiger partial charge in [0.15, 0.2) is 0 Å². The Hall–Kier alpha value is -2.57. The second kappa shape index (κ2) is 6.14. The summed E-state index contributed by atoms with van der Waals surface area (Å²) in [5.74, 6) is 0.433. The van der Waals surface area contributed by atoms with E-state index in [1.165, 1.54) is 4.57 Å². The molecule has 2 aromatic rings. The number of rotatable bonds is 3. The molecule has 0 saturated carbocycles. The van der Waals surface area contributed by atoms with Crippen molar-refractivity contribution < 1.29 is 9.53 Å². The summed E-state index contributed by atoms with van der Waals surface area (Å²) < 4.78 is 8.60. The molecular weight excluding hydrogens is 308 g/mol. The summed E-state index contributed by atoms with van der Waals surface area (Å²) in [6.07, 6.45) is 3.37. The summed E-state index contributed by atoms with van der Waals surface area (Å²) >= 11 is 0. The molecule has 2 aromatic heterocycles. The Morgan fingerprint density at radius 1 is 1.38 bits per heavy atom. The number of hydrogen-bond donors (Lipinski definition) is 0. The predicted molar refractivity (Wildman–Crippen MR) is 89.2 cm³/mol. The van der Waals surface area contributed by atoms with Gasteiger partial charge in [-0.05, 0) is 31.9 Å². The van der Waals surface area contributed by atoms with E-state index in [1.807, 2.05) is 14.0 Å². The molecule has 0 N–H and O–H groups in total. The van der Waals surface area contributed by atoms with Gasteiger partial charge in [0.25, 0.3) is 11.5 Å². The van der Waals surface area contributed by atoms with Crippen LogP contribution in [0.5, 0.6) is 5.88 Å². The number of pyridine rings is 1. The van der Waals surface area contributed by atoms with Gasteiger partial charge in [0.1, 0.15) is 5.56 Å². The zero-order valence-corrected chi connectivity index (χ0v) is 14.4. The summed E-state index contributed by atoms with van der Waals surface area (Å²) in [4.78, 5) is 27.0. The first kappa shape index (κ1) is 16.3. The number of likely N-dealkylation sites (tertiary alicyclic amines) is 1.